The minimum Gasteiger partial charge on any atom is 2.00 e. The summed E-state index contributed by atoms with van der Waals surface area (Å²) < 4.78 is 59.6. The summed E-state index contributed by atoms with van der Waals surface area (Å²) in [5.74, 6) is 0. The predicted octanol–water partition coefficient (Wildman–Crippen LogP) is 7.49. The van der Waals surface area contributed by atoms with Gasteiger partial charge in [0.15, 0.2) is 0 Å². The normalized spacial score (nSPS) is 13.5. The molecule has 0 atom stereocenters. The summed E-state index contributed by atoms with van der Waals surface area (Å²) in [6.07, 6.45) is 0. The van der Waals surface area contributed by atoms with Crippen molar-refractivity contribution in [3.8, 4) is 22.3 Å². The maximum Gasteiger partial charge on any atom is 2.00 e. The van der Waals surface area contributed by atoms with Crippen LogP contribution in [0.4, 0.5) is 16.9 Å². The van der Waals surface area contributed by atoms with Gasteiger partial charge >= 0.3 is 53.4 Å². The maximum absolute atomic E-state index is 11.2. The molecule has 0 saturated carbocycles. The van der Waals surface area contributed by atoms with Crippen molar-refractivity contribution in [3.63, 3.8) is 0 Å². The number of hydrogen-bond donors (Lipinski definition) is 0. The van der Waals surface area contributed by atoms with E-state index in [9.17, 15) is 16.9 Å². The SMILES string of the molecule is Cc1ccccc1-c1ccc[c-]1-c1ccccc1C.[F][Sb-]([F])([F])([F])([F])[F].[Fe+2]. The molecule has 0 saturated heterocycles. The molecule has 3 aromatic carbocycles. The largest absolute Gasteiger partial charge is 2.00 e. The van der Waals surface area contributed by atoms with E-state index in [1.165, 1.54) is 33.4 Å². The van der Waals surface area contributed by atoms with Crippen molar-refractivity contribution in [1.82, 2.24) is 0 Å². The number of aryl methyl sites for hydroxylation is 2. The molecular weight excluding hydrogens is 520 g/mol. The monoisotopic (exact) mass is 536 g/mol. The van der Waals surface area contributed by atoms with E-state index in [1.54, 1.807) is 0 Å². The fraction of sp³-hybridized carbons (Fsp3) is 0.105. The van der Waals surface area contributed by atoms with Gasteiger partial charge in [-0.2, -0.15) is 0 Å². The van der Waals surface area contributed by atoms with Crippen LogP contribution in [0.5, 0.6) is 0 Å². The summed E-state index contributed by atoms with van der Waals surface area (Å²) in [5.41, 5.74) is 7.95. The van der Waals surface area contributed by atoms with Gasteiger partial charge in [0.2, 0.25) is 0 Å². The molecule has 3 rings (SSSR count). The van der Waals surface area contributed by atoms with Gasteiger partial charge in [-0.05, 0) is 6.92 Å². The van der Waals surface area contributed by atoms with Crippen molar-refractivity contribution in [2.45, 2.75) is 13.8 Å². The molecule has 0 aliphatic rings. The third-order valence-corrected chi connectivity index (χ3v) is 3.69. The second-order valence-corrected chi connectivity index (χ2v) is 11.4. The maximum atomic E-state index is 9.93. The van der Waals surface area contributed by atoms with Crippen LogP contribution >= 0.6 is 0 Å². The van der Waals surface area contributed by atoms with Crippen LogP contribution in [-0.2, 0) is 17.1 Å². The molecule has 0 N–H and O–H groups in total. The van der Waals surface area contributed by atoms with E-state index in [0.717, 1.165) is 0 Å². The van der Waals surface area contributed by atoms with Crippen molar-refractivity contribution < 1.29 is 33.9 Å². The van der Waals surface area contributed by atoms with E-state index >= 15 is 0 Å². The van der Waals surface area contributed by atoms with Crippen LogP contribution < -0.4 is 0 Å². The van der Waals surface area contributed by atoms with Gasteiger partial charge in [-0.15, -0.1) is 24.3 Å². The van der Waals surface area contributed by atoms with Gasteiger partial charge in [0.25, 0.3) is 0 Å². The van der Waals surface area contributed by atoms with E-state index in [4.69, 9.17) is 0 Å². The van der Waals surface area contributed by atoms with Crippen LogP contribution in [-0.4, -0.2) is 19.5 Å². The second kappa shape index (κ2) is 7.61. The van der Waals surface area contributed by atoms with E-state index in [1.807, 2.05) is 0 Å². The van der Waals surface area contributed by atoms with E-state index in [0.29, 0.717) is 0 Å². The molecular formula is C19H17F6FeSb. The Hall–Kier alpha value is -1.29. The fourth-order valence-corrected chi connectivity index (χ4v) is 2.64. The summed E-state index contributed by atoms with van der Waals surface area (Å²) >= 11 is -11.2. The van der Waals surface area contributed by atoms with E-state index in [-0.39, 0.29) is 17.1 Å². The zero-order valence-electron chi connectivity index (χ0n) is 14.4. The predicted molar refractivity (Wildman–Crippen MR) is 94.8 cm³/mol. The molecule has 0 bridgehead atoms. The van der Waals surface area contributed by atoms with Crippen molar-refractivity contribution in [2.24, 2.45) is 0 Å². The second-order valence-electron chi connectivity index (χ2n) is 5.94. The average Bonchev–Trinajstić information content (AvgIpc) is 2.94. The fourth-order valence-electron chi connectivity index (χ4n) is 2.64. The van der Waals surface area contributed by atoms with Gasteiger partial charge in [-0.25, -0.2) is 0 Å². The van der Waals surface area contributed by atoms with E-state index in [2.05, 4.69) is 80.6 Å². The molecule has 0 aliphatic heterocycles. The van der Waals surface area contributed by atoms with Gasteiger partial charge < -0.3 is 0 Å². The topological polar surface area (TPSA) is 0 Å². The minimum absolute atomic E-state index is 0. The molecule has 27 heavy (non-hydrogen) atoms. The van der Waals surface area contributed by atoms with Crippen molar-refractivity contribution >= 4 is 19.5 Å². The zero-order chi connectivity index (χ0) is 19.7. The van der Waals surface area contributed by atoms with Gasteiger partial charge in [-0.1, -0.05) is 82.8 Å². The Kier molecular flexibility index (Phi) is 6.70. The Morgan fingerprint density at radius 1 is 0.667 bits per heavy atom. The summed E-state index contributed by atoms with van der Waals surface area (Å²) in [6, 6.07) is 23.7. The molecule has 0 spiro atoms. The van der Waals surface area contributed by atoms with Gasteiger partial charge in [0, 0.05) is 0 Å². The van der Waals surface area contributed by atoms with Crippen LogP contribution in [0.1, 0.15) is 11.1 Å². The molecule has 0 aliphatic carbocycles. The molecule has 0 nitrogen and oxygen atoms in total. The van der Waals surface area contributed by atoms with Crippen LogP contribution in [0.15, 0.2) is 66.7 Å². The Labute approximate surface area is 167 Å². The first-order valence-corrected chi connectivity index (χ1v) is 13.5. The Balaban J connectivity index is 0.000000395. The van der Waals surface area contributed by atoms with Crippen LogP contribution in [0.2, 0.25) is 0 Å². The van der Waals surface area contributed by atoms with Crippen molar-refractivity contribution in [3.05, 3.63) is 77.9 Å². The standard InChI is InChI=1S/C19H17.6FH.Fe.Sb/c1-14-8-3-5-10-16(14)18-12-7-13-19(18)17-11-6-4-9-15(17)2;;;;;;;;/h3-13H,1-2H3;6*1H;;/q-1;;;;;;;+2;+5/p-6. The van der Waals surface area contributed by atoms with E-state index < -0.39 is 19.5 Å². The van der Waals surface area contributed by atoms with Crippen molar-refractivity contribution in [1.29, 1.82) is 0 Å². The number of hydrogen-bond acceptors (Lipinski definition) is 0. The van der Waals surface area contributed by atoms with Crippen molar-refractivity contribution in [2.75, 3.05) is 0 Å². The molecule has 0 heterocycles. The molecule has 0 aromatic heterocycles. The minimum atomic E-state index is -11.2. The summed E-state index contributed by atoms with van der Waals surface area (Å²) in [7, 11) is 0. The van der Waals surface area contributed by atoms with Crippen LogP contribution in [0, 0.1) is 13.8 Å². The Morgan fingerprint density at radius 2 is 1.15 bits per heavy atom. The van der Waals surface area contributed by atoms with Gasteiger partial charge in [0.1, 0.15) is 0 Å². The molecule has 0 radical (unpaired) electrons. The summed E-state index contributed by atoms with van der Waals surface area (Å²) in [5, 5.41) is 0. The van der Waals surface area contributed by atoms with Gasteiger partial charge in [0.05, 0.1) is 0 Å². The van der Waals surface area contributed by atoms with Crippen LogP contribution in [0.25, 0.3) is 22.3 Å². The summed E-state index contributed by atoms with van der Waals surface area (Å²) in [6.45, 7) is 4.34. The Morgan fingerprint density at radius 3 is 1.67 bits per heavy atom. The third kappa shape index (κ3) is 8.50. The Bertz CT molecular complexity index is 842. The molecule has 3 aromatic rings. The van der Waals surface area contributed by atoms with Gasteiger partial charge in [-0.3, -0.25) is 0 Å². The molecule has 8 heteroatoms. The first-order valence-electron chi connectivity index (χ1n) is 7.66. The number of halogens is 6. The third-order valence-electron chi connectivity index (χ3n) is 3.69. The average molecular weight is 537 g/mol. The quantitative estimate of drug-likeness (QED) is 0.181. The summed E-state index contributed by atoms with van der Waals surface area (Å²) in [4.78, 5) is 0. The first-order chi connectivity index (χ1) is 11.7. The number of benzene rings is 2. The zero-order valence-corrected chi connectivity index (χ0v) is 18.1. The molecule has 0 fully saturated rings. The molecule has 148 valence electrons. The van der Waals surface area contributed by atoms with Crippen LogP contribution in [0.3, 0.4) is 0 Å². The number of rotatable bonds is 2. The smallest absolute Gasteiger partial charge is 2.00 e. The molecule has 0 unspecified atom stereocenters. The molecule has 0 amide bonds. The first kappa shape index (κ1) is 23.7.